The summed E-state index contributed by atoms with van der Waals surface area (Å²) in [6.45, 7) is 1.80. The first-order valence-corrected chi connectivity index (χ1v) is 6.13. The monoisotopic (exact) mass is 296 g/mol. The highest BCUT2D eigenvalue weighted by Gasteiger charge is 2.16. The minimum atomic E-state index is -0.728. The Labute approximate surface area is 118 Å². The van der Waals surface area contributed by atoms with Gasteiger partial charge >= 0.3 is 5.97 Å². The van der Waals surface area contributed by atoms with Crippen LogP contribution in [0.25, 0.3) is 5.69 Å². The summed E-state index contributed by atoms with van der Waals surface area (Å²) in [6.07, 6.45) is 0. The van der Waals surface area contributed by atoms with Crippen LogP contribution in [0.15, 0.2) is 35.1 Å². The van der Waals surface area contributed by atoms with E-state index in [2.05, 4.69) is 5.10 Å². The predicted molar refractivity (Wildman–Crippen MR) is 70.8 cm³/mol. The molecule has 2 aromatic rings. The molecule has 1 heterocycles. The van der Waals surface area contributed by atoms with Gasteiger partial charge in [0.15, 0.2) is 5.69 Å². The molecule has 0 radical (unpaired) electrons. The molecule has 0 spiro atoms. The summed E-state index contributed by atoms with van der Waals surface area (Å²) < 4.78 is 18.6. The Bertz CT molecular complexity index is 698. The molecule has 2 rings (SSSR count). The topological polar surface area (TPSA) is 61.2 Å². The lowest BCUT2D eigenvalue weighted by atomic mass is 10.3. The molecule has 1 aromatic carbocycles. The van der Waals surface area contributed by atoms with E-state index in [4.69, 9.17) is 16.3 Å². The van der Waals surface area contributed by atoms with Crippen molar-refractivity contribution in [1.29, 1.82) is 0 Å². The molecule has 0 saturated heterocycles. The third-order valence-corrected chi connectivity index (χ3v) is 2.71. The molecule has 0 bridgehead atoms. The molecule has 7 heteroatoms. The molecule has 0 amide bonds. The normalized spacial score (nSPS) is 10.3. The van der Waals surface area contributed by atoms with Crippen LogP contribution in [0.3, 0.4) is 0 Å². The van der Waals surface area contributed by atoms with Gasteiger partial charge in [-0.15, -0.1) is 0 Å². The fraction of sp³-hybridized carbons (Fsp3) is 0.154. The van der Waals surface area contributed by atoms with Gasteiger partial charge in [-0.3, -0.25) is 4.79 Å². The maximum atomic E-state index is 12.9. The molecule has 1 aromatic heterocycles. The number of carbonyl (C=O) groups excluding carboxylic acids is 1. The molecule has 104 valence electrons. The van der Waals surface area contributed by atoms with Gasteiger partial charge in [-0.1, -0.05) is 11.6 Å². The number of hydrogen-bond donors (Lipinski definition) is 0. The zero-order chi connectivity index (χ0) is 14.7. The van der Waals surface area contributed by atoms with Crippen molar-refractivity contribution in [2.75, 3.05) is 6.61 Å². The molecule has 20 heavy (non-hydrogen) atoms. The molecule has 0 fully saturated rings. The van der Waals surface area contributed by atoms with Crippen LogP contribution in [-0.4, -0.2) is 22.4 Å². The van der Waals surface area contributed by atoms with Crippen molar-refractivity contribution in [3.63, 3.8) is 0 Å². The second kappa shape index (κ2) is 5.83. The minimum Gasteiger partial charge on any atom is -0.461 e. The van der Waals surface area contributed by atoms with Crippen LogP contribution in [0, 0.1) is 5.82 Å². The summed E-state index contributed by atoms with van der Waals surface area (Å²) in [5, 5.41) is 3.77. The summed E-state index contributed by atoms with van der Waals surface area (Å²) in [5.41, 5.74) is -0.384. The highest BCUT2D eigenvalue weighted by Crippen LogP contribution is 2.13. The third kappa shape index (κ3) is 2.85. The highest BCUT2D eigenvalue weighted by molar-refractivity contribution is 6.33. The standard InChI is InChI=1S/C13H10ClFN2O3/c1-2-20-13(19)12-10(14)7-11(18)17(16-12)9-5-3-8(15)4-6-9/h3-7H,2H2,1H3. The maximum Gasteiger partial charge on any atom is 0.360 e. The third-order valence-electron chi connectivity index (χ3n) is 2.43. The fourth-order valence-electron chi connectivity index (χ4n) is 1.54. The number of nitrogens with zero attached hydrogens (tertiary/aromatic N) is 2. The van der Waals surface area contributed by atoms with Gasteiger partial charge in [-0.05, 0) is 31.2 Å². The molecule has 0 aliphatic carbocycles. The Hall–Kier alpha value is -2.21. The minimum absolute atomic E-state index is 0.0909. The van der Waals surface area contributed by atoms with E-state index in [1.54, 1.807) is 6.92 Å². The van der Waals surface area contributed by atoms with Crippen LogP contribution in [-0.2, 0) is 4.74 Å². The molecule has 0 unspecified atom stereocenters. The average Bonchev–Trinajstić information content (AvgIpc) is 2.40. The Morgan fingerprint density at radius 2 is 2.05 bits per heavy atom. The van der Waals surface area contributed by atoms with Crippen molar-refractivity contribution in [3.8, 4) is 5.69 Å². The van der Waals surface area contributed by atoms with Crippen LogP contribution in [0.1, 0.15) is 17.4 Å². The van der Waals surface area contributed by atoms with Gasteiger partial charge in [0.2, 0.25) is 0 Å². The van der Waals surface area contributed by atoms with Gasteiger partial charge in [0.25, 0.3) is 5.56 Å². The zero-order valence-electron chi connectivity index (χ0n) is 10.5. The molecule has 0 aliphatic heterocycles. The maximum absolute atomic E-state index is 12.9. The number of aromatic nitrogens is 2. The predicted octanol–water partition coefficient (Wildman–Crippen LogP) is 2.20. The van der Waals surface area contributed by atoms with Crippen molar-refractivity contribution in [2.24, 2.45) is 0 Å². The van der Waals surface area contributed by atoms with Crippen molar-refractivity contribution in [3.05, 3.63) is 57.2 Å². The van der Waals surface area contributed by atoms with Crippen molar-refractivity contribution in [2.45, 2.75) is 6.92 Å². The summed E-state index contributed by atoms with van der Waals surface area (Å²) >= 11 is 5.81. The fourth-order valence-corrected chi connectivity index (χ4v) is 1.75. The number of hydrogen-bond acceptors (Lipinski definition) is 4. The van der Waals surface area contributed by atoms with Gasteiger partial charge in [0.1, 0.15) is 5.82 Å². The first-order valence-electron chi connectivity index (χ1n) is 5.76. The van der Waals surface area contributed by atoms with Crippen LogP contribution >= 0.6 is 11.6 Å². The van der Waals surface area contributed by atoms with Gasteiger partial charge in [0, 0.05) is 6.07 Å². The lowest BCUT2D eigenvalue weighted by Crippen LogP contribution is -2.24. The van der Waals surface area contributed by atoms with E-state index in [9.17, 15) is 14.0 Å². The lowest BCUT2D eigenvalue weighted by Gasteiger charge is -2.08. The molecular weight excluding hydrogens is 287 g/mol. The van der Waals surface area contributed by atoms with Crippen LogP contribution < -0.4 is 5.56 Å². The average molecular weight is 297 g/mol. The van der Waals surface area contributed by atoms with E-state index < -0.39 is 17.3 Å². The first-order chi connectivity index (χ1) is 9.52. The lowest BCUT2D eigenvalue weighted by molar-refractivity contribution is 0.0517. The quantitative estimate of drug-likeness (QED) is 0.815. The highest BCUT2D eigenvalue weighted by atomic mass is 35.5. The zero-order valence-corrected chi connectivity index (χ0v) is 11.2. The van der Waals surface area contributed by atoms with Gasteiger partial charge in [-0.25, -0.2) is 9.18 Å². The largest absolute Gasteiger partial charge is 0.461 e. The van der Waals surface area contributed by atoms with Crippen LogP contribution in [0.2, 0.25) is 5.02 Å². The second-order valence-corrected chi connectivity index (χ2v) is 4.20. The van der Waals surface area contributed by atoms with E-state index in [0.717, 1.165) is 10.7 Å². The molecule has 0 saturated carbocycles. The molecule has 0 atom stereocenters. The van der Waals surface area contributed by atoms with E-state index in [1.807, 2.05) is 0 Å². The van der Waals surface area contributed by atoms with E-state index in [-0.39, 0.29) is 17.3 Å². The van der Waals surface area contributed by atoms with E-state index >= 15 is 0 Å². The second-order valence-electron chi connectivity index (χ2n) is 3.79. The number of carbonyl (C=O) groups is 1. The van der Waals surface area contributed by atoms with Gasteiger partial charge in [-0.2, -0.15) is 9.78 Å². The molecular formula is C13H10ClFN2O3. The van der Waals surface area contributed by atoms with Crippen LogP contribution in [0.4, 0.5) is 4.39 Å². The molecule has 5 nitrogen and oxygen atoms in total. The summed E-state index contributed by atoms with van der Waals surface area (Å²) in [6, 6.07) is 6.16. The van der Waals surface area contributed by atoms with Crippen molar-refractivity contribution in [1.82, 2.24) is 9.78 Å². The van der Waals surface area contributed by atoms with E-state index in [1.165, 1.54) is 24.3 Å². The van der Waals surface area contributed by atoms with Gasteiger partial charge in [0.05, 0.1) is 17.3 Å². The van der Waals surface area contributed by atoms with Crippen molar-refractivity contribution < 1.29 is 13.9 Å². The number of esters is 1. The van der Waals surface area contributed by atoms with Crippen molar-refractivity contribution >= 4 is 17.6 Å². The molecule has 0 N–H and O–H groups in total. The summed E-state index contributed by atoms with van der Waals surface area (Å²) in [5.74, 6) is -1.17. The SMILES string of the molecule is CCOC(=O)c1nn(-c2ccc(F)cc2)c(=O)cc1Cl. The van der Waals surface area contributed by atoms with Gasteiger partial charge < -0.3 is 4.74 Å². The van der Waals surface area contributed by atoms with Crippen LogP contribution in [0.5, 0.6) is 0 Å². The number of rotatable bonds is 3. The Morgan fingerprint density at radius 1 is 1.40 bits per heavy atom. The summed E-state index contributed by atoms with van der Waals surface area (Å²) in [4.78, 5) is 23.5. The Morgan fingerprint density at radius 3 is 2.65 bits per heavy atom. The molecule has 0 aliphatic rings. The summed E-state index contributed by atoms with van der Waals surface area (Å²) in [7, 11) is 0. The first kappa shape index (κ1) is 14.2. The number of halogens is 2. The van der Waals surface area contributed by atoms with E-state index in [0.29, 0.717) is 5.69 Å². The Kier molecular flexibility index (Phi) is 4.14. The Balaban J connectivity index is 2.54. The number of benzene rings is 1. The smallest absolute Gasteiger partial charge is 0.360 e. The number of ether oxygens (including phenoxy) is 1.